The van der Waals surface area contributed by atoms with Gasteiger partial charge in [-0.25, -0.2) is 13.8 Å². The van der Waals surface area contributed by atoms with Gasteiger partial charge in [-0.15, -0.1) is 0 Å². The number of nitrogens with zero attached hydrogens (tertiary/aromatic N) is 3. The third kappa shape index (κ3) is 5.90. The van der Waals surface area contributed by atoms with Crippen LogP contribution in [-0.4, -0.2) is 33.4 Å². The standard InChI is InChI=1S/C34H35F2N3O.C2H6/c1-4-28(24-8-7-9-26(21-24)34(3,35)36)29-15-12-25(20-22(29)2)33(40)38-18-16-23(17-19-38)32-37-30-10-5-6-11-31(30)39(32)27-13-14-27;1-2/h4-12,15,20-21,23,27H,13-14,16-19H2,1-3H3;1-2H3/b28-4-;. The van der Waals surface area contributed by atoms with Crippen LogP contribution >= 0.6 is 0 Å². The molecule has 1 saturated heterocycles. The second-order valence-corrected chi connectivity index (χ2v) is 11.3. The van der Waals surface area contributed by atoms with E-state index in [0.717, 1.165) is 47.5 Å². The van der Waals surface area contributed by atoms with Crippen LogP contribution in [0.15, 0.2) is 72.8 Å². The van der Waals surface area contributed by atoms with Crippen LogP contribution in [0.5, 0.6) is 0 Å². The number of allylic oxidation sites excluding steroid dienone is 1. The predicted octanol–water partition coefficient (Wildman–Crippen LogP) is 9.29. The lowest BCUT2D eigenvalue weighted by Gasteiger charge is -2.32. The van der Waals surface area contributed by atoms with Crippen LogP contribution < -0.4 is 0 Å². The molecule has 220 valence electrons. The topological polar surface area (TPSA) is 38.1 Å². The van der Waals surface area contributed by atoms with Crippen molar-refractivity contribution in [2.45, 2.75) is 78.2 Å². The van der Waals surface area contributed by atoms with Crippen molar-refractivity contribution in [1.29, 1.82) is 0 Å². The molecule has 2 aliphatic rings. The minimum atomic E-state index is -2.90. The van der Waals surface area contributed by atoms with E-state index < -0.39 is 5.92 Å². The average molecular weight is 570 g/mol. The summed E-state index contributed by atoms with van der Waals surface area (Å²) in [4.78, 5) is 20.5. The van der Waals surface area contributed by atoms with Gasteiger partial charge < -0.3 is 9.47 Å². The molecular formula is C36H41F2N3O. The zero-order valence-corrected chi connectivity index (χ0v) is 25.3. The van der Waals surface area contributed by atoms with Gasteiger partial charge in [0.15, 0.2) is 0 Å². The maximum Gasteiger partial charge on any atom is 0.270 e. The summed E-state index contributed by atoms with van der Waals surface area (Å²) in [5.41, 5.74) is 6.44. The van der Waals surface area contributed by atoms with Crippen LogP contribution in [0.4, 0.5) is 8.78 Å². The van der Waals surface area contributed by atoms with E-state index in [0.29, 0.717) is 30.6 Å². The first kappa shape index (κ1) is 29.7. The second kappa shape index (κ2) is 12.2. The highest BCUT2D eigenvalue weighted by atomic mass is 19.3. The zero-order valence-electron chi connectivity index (χ0n) is 25.3. The highest BCUT2D eigenvalue weighted by Crippen LogP contribution is 2.42. The number of para-hydroxylation sites is 2. The molecule has 1 aliphatic carbocycles. The van der Waals surface area contributed by atoms with E-state index in [4.69, 9.17) is 4.98 Å². The number of halogens is 2. The highest BCUT2D eigenvalue weighted by Gasteiger charge is 2.33. The Morgan fingerprint density at radius 3 is 2.29 bits per heavy atom. The fourth-order valence-electron chi connectivity index (χ4n) is 6.13. The molecule has 6 rings (SSSR count). The number of hydrogen-bond acceptors (Lipinski definition) is 2. The maximum atomic E-state index is 14.0. The third-order valence-corrected chi connectivity index (χ3v) is 8.42. The van der Waals surface area contributed by atoms with E-state index in [9.17, 15) is 13.6 Å². The molecule has 3 aromatic carbocycles. The molecule has 1 aliphatic heterocycles. The summed E-state index contributed by atoms with van der Waals surface area (Å²) in [5.74, 6) is -1.33. The second-order valence-electron chi connectivity index (χ2n) is 11.3. The molecule has 0 unspecified atom stereocenters. The van der Waals surface area contributed by atoms with Crippen LogP contribution in [0, 0.1) is 6.92 Å². The van der Waals surface area contributed by atoms with Crippen molar-refractivity contribution >= 4 is 22.5 Å². The Bertz CT molecular complexity index is 1600. The minimum absolute atomic E-state index is 0.00935. The number of rotatable bonds is 6. The number of benzene rings is 3. The number of amides is 1. The zero-order chi connectivity index (χ0) is 30.0. The molecule has 6 heteroatoms. The van der Waals surface area contributed by atoms with E-state index in [1.165, 1.54) is 30.2 Å². The molecular weight excluding hydrogens is 528 g/mol. The summed E-state index contributed by atoms with van der Waals surface area (Å²) in [6.45, 7) is 10.2. The van der Waals surface area contributed by atoms with Crippen LogP contribution in [0.3, 0.4) is 0 Å². The Balaban J connectivity index is 0.00000173. The average Bonchev–Trinajstić information content (AvgIpc) is 3.77. The minimum Gasteiger partial charge on any atom is -0.339 e. The molecule has 0 bridgehead atoms. The van der Waals surface area contributed by atoms with Crippen LogP contribution in [0.25, 0.3) is 16.6 Å². The van der Waals surface area contributed by atoms with Gasteiger partial charge in [-0.2, -0.15) is 0 Å². The van der Waals surface area contributed by atoms with Gasteiger partial charge in [0.05, 0.1) is 11.0 Å². The lowest BCUT2D eigenvalue weighted by atomic mass is 9.91. The molecule has 42 heavy (non-hydrogen) atoms. The summed E-state index contributed by atoms with van der Waals surface area (Å²) in [5, 5.41) is 0. The van der Waals surface area contributed by atoms with Crippen molar-refractivity contribution in [1.82, 2.24) is 14.5 Å². The maximum absolute atomic E-state index is 14.0. The number of alkyl halides is 2. The van der Waals surface area contributed by atoms with E-state index in [1.807, 2.05) is 69.0 Å². The van der Waals surface area contributed by atoms with Crippen molar-refractivity contribution in [3.8, 4) is 0 Å². The van der Waals surface area contributed by atoms with Crippen molar-refractivity contribution in [3.63, 3.8) is 0 Å². The lowest BCUT2D eigenvalue weighted by molar-refractivity contribution is 0.0174. The van der Waals surface area contributed by atoms with Crippen molar-refractivity contribution in [2.75, 3.05) is 13.1 Å². The normalized spacial score (nSPS) is 16.4. The SMILES string of the molecule is C/C=C(/c1cccc(C(C)(F)F)c1)c1ccc(C(=O)N2CCC(c3nc4ccccc4n3C3CC3)CC2)cc1C.CC. The van der Waals surface area contributed by atoms with Crippen molar-refractivity contribution < 1.29 is 13.6 Å². The van der Waals surface area contributed by atoms with Gasteiger partial charge in [0.1, 0.15) is 5.82 Å². The number of hydrogen-bond donors (Lipinski definition) is 0. The molecule has 4 aromatic rings. The summed E-state index contributed by atoms with van der Waals surface area (Å²) >= 11 is 0. The number of fused-ring (bicyclic) bond motifs is 1. The van der Waals surface area contributed by atoms with E-state index in [-0.39, 0.29) is 11.5 Å². The van der Waals surface area contributed by atoms with Gasteiger partial charge in [0.25, 0.3) is 11.8 Å². The van der Waals surface area contributed by atoms with Gasteiger partial charge in [-0.05, 0) is 92.1 Å². The molecule has 2 heterocycles. The lowest BCUT2D eigenvalue weighted by Crippen LogP contribution is -2.38. The van der Waals surface area contributed by atoms with Crippen LogP contribution in [-0.2, 0) is 5.92 Å². The molecule has 2 fully saturated rings. The van der Waals surface area contributed by atoms with Gasteiger partial charge in [-0.1, -0.05) is 56.3 Å². The summed E-state index contributed by atoms with van der Waals surface area (Å²) in [6.07, 6.45) is 6.17. The number of carbonyl (C=O) groups is 1. The van der Waals surface area contributed by atoms with Gasteiger partial charge in [0.2, 0.25) is 0 Å². The molecule has 1 saturated carbocycles. The molecule has 0 spiro atoms. The first-order valence-electron chi connectivity index (χ1n) is 15.3. The Labute approximate surface area is 248 Å². The molecule has 1 aromatic heterocycles. The van der Waals surface area contributed by atoms with E-state index >= 15 is 0 Å². The highest BCUT2D eigenvalue weighted by molar-refractivity contribution is 5.95. The van der Waals surface area contributed by atoms with Crippen LogP contribution in [0.1, 0.15) is 104 Å². The number of aromatic nitrogens is 2. The van der Waals surface area contributed by atoms with Gasteiger partial charge >= 0.3 is 0 Å². The first-order chi connectivity index (χ1) is 20.2. The smallest absolute Gasteiger partial charge is 0.270 e. The van der Waals surface area contributed by atoms with Crippen molar-refractivity contribution in [2.24, 2.45) is 0 Å². The van der Waals surface area contributed by atoms with E-state index in [2.05, 4.69) is 22.8 Å². The molecule has 1 amide bonds. The first-order valence-corrected chi connectivity index (χ1v) is 15.3. The molecule has 0 radical (unpaired) electrons. The largest absolute Gasteiger partial charge is 0.339 e. The van der Waals surface area contributed by atoms with Gasteiger partial charge in [0, 0.05) is 43.1 Å². The van der Waals surface area contributed by atoms with Crippen LogP contribution in [0.2, 0.25) is 0 Å². The Hall–Kier alpha value is -3.80. The van der Waals surface area contributed by atoms with E-state index in [1.54, 1.807) is 12.1 Å². The Morgan fingerprint density at radius 1 is 0.929 bits per heavy atom. The third-order valence-electron chi connectivity index (χ3n) is 8.42. The molecule has 0 N–H and O–H groups in total. The predicted molar refractivity (Wildman–Crippen MR) is 167 cm³/mol. The molecule has 4 nitrogen and oxygen atoms in total. The quantitative estimate of drug-likeness (QED) is 0.232. The Kier molecular flexibility index (Phi) is 8.63. The monoisotopic (exact) mass is 569 g/mol. The number of carbonyl (C=O) groups excluding carboxylic acids is 1. The Morgan fingerprint density at radius 2 is 1.64 bits per heavy atom. The number of aryl methyl sites for hydroxylation is 1. The summed E-state index contributed by atoms with van der Waals surface area (Å²) < 4.78 is 30.4. The number of imidazole rings is 1. The van der Waals surface area contributed by atoms with Gasteiger partial charge in [-0.3, -0.25) is 4.79 Å². The fraction of sp³-hybridized carbons (Fsp3) is 0.389. The number of piperidine rings is 1. The fourth-order valence-corrected chi connectivity index (χ4v) is 6.13. The summed E-state index contributed by atoms with van der Waals surface area (Å²) in [6, 6.07) is 21.2. The van der Waals surface area contributed by atoms with Crippen molar-refractivity contribution in [3.05, 3.63) is 106 Å². The molecule has 0 atom stereocenters. The summed E-state index contributed by atoms with van der Waals surface area (Å²) in [7, 11) is 0. The number of likely N-dealkylation sites (tertiary alicyclic amines) is 1.